The van der Waals surface area contributed by atoms with E-state index in [2.05, 4.69) is 0 Å². The molecule has 0 spiro atoms. The Kier molecular flexibility index (Phi) is 3.72. The smallest absolute Gasteiger partial charge is 0.265 e. The number of anilines is 1. The van der Waals surface area contributed by atoms with Crippen LogP contribution in [0.4, 0.5) is 18.9 Å². The highest BCUT2D eigenvalue weighted by Gasteiger charge is 2.49. The van der Waals surface area contributed by atoms with Gasteiger partial charge in [-0.25, -0.2) is 0 Å². The molecule has 0 amide bonds. The van der Waals surface area contributed by atoms with Crippen LogP contribution in [0.15, 0.2) is 24.3 Å². The molecule has 0 N–H and O–H groups in total. The molecule has 8 heteroatoms. The van der Waals surface area contributed by atoms with Gasteiger partial charge in [0.2, 0.25) is 0 Å². The third-order valence-electron chi connectivity index (χ3n) is 1.84. The van der Waals surface area contributed by atoms with Crippen molar-refractivity contribution in [3.8, 4) is 0 Å². The summed E-state index contributed by atoms with van der Waals surface area (Å²) in [5.41, 5.74) is -5.29. The number of para-hydroxylation sites is 1. The fourth-order valence-electron chi connectivity index (χ4n) is 0.992. The quantitative estimate of drug-likeness (QED) is 0.756. The van der Waals surface area contributed by atoms with E-state index in [9.17, 15) is 21.6 Å². The van der Waals surface area contributed by atoms with Gasteiger partial charge < -0.3 is 0 Å². The van der Waals surface area contributed by atoms with Gasteiger partial charge in [0.05, 0.1) is 5.69 Å². The van der Waals surface area contributed by atoms with Crippen molar-refractivity contribution in [2.45, 2.75) is 5.51 Å². The van der Waals surface area contributed by atoms with Gasteiger partial charge in [0.25, 0.3) is 0 Å². The number of sulfonamides is 1. The molecule has 0 saturated heterocycles. The number of benzene rings is 1. The van der Waals surface area contributed by atoms with E-state index < -0.39 is 15.5 Å². The topological polar surface area (TPSA) is 37.4 Å². The fourth-order valence-corrected chi connectivity index (χ4v) is 2.63. The minimum absolute atomic E-state index is 0.000394. The maximum absolute atomic E-state index is 12.3. The zero-order valence-corrected chi connectivity index (χ0v) is 11.0. The van der Waals surface area contributed by atoms with Crippen LogP contribution in [-0.4, -0.2) is 21.0 Å². The van der Waals surface area contributed by atoms with Crippen LogP contribution < -0.4 is 4.31 Å². The lowest BCUT2D eigenvalue weighted by molar-refractivity contribution is -0.0437. The summed E-state index contributed by atoms with van der Waals surface area (Å²) in [5.74, 6) is 0. The Morgan fingerprint density at radius 2 is 1.75 bits per heavy atom. The summed E-state index contributed by atoms with van der Waals surface area (Å²) in [6.07, 6.45) is 0. The van der Waals surface area contributed by atoms with E-state index in [1.165, 1.54) is 18.2 Å². The average molecular weight is 365 g/mol. The van der Waals surface area contributed by atoms with E-state index in [4.69, 9.17) is 0 Å². The minimum atomic E-state index is -5.32. The molecule has 90 valence electrons. The highest BCUT2D eigenvalue weighted by atomic mass is 127. The van der Waals surface area contributed by atoms with Gasteiger partial charge in [-0.2, -0.15) is 21.6 Å². The molecule has 1 aromatic carbocycles. The number of nitrogens with zero attached hydrogens (tertiary/aromatic N) is 1. The molecule has 0 aliphatic heterocycles. The third kappa shape index (κ3) is 2.42. The van der Waals surface area contributed by atoms with E-state index in [0.717, 1.165) is 7.05 Å². The van der Waals surface area contributed by atoms with Crippen molar-refractivity contribution in [3.05, 3.63) is 27.8 Å². The first kappa shape index (κ1) is 13.6. The van der Waals surface area contributed by atoms with Crippen LogP contribution in [0.5, 0.6) is 0 Å². The lowest BCUT2D eigenvalue weighted by Gasteiger charge is -2.21. The number of hydrogen-bond acceptors (Lipinski definition) is 2. The molecule has 3 nitrogen and oxygen atoms in total. The maximum atomic E-state index is 12.3. The summed E-state index contributed by atoms with van der Waals surface area (Å²) >= 11 is 1.77. The Bertz CT molecular complexity index is 486. The van der Waals surface area contributed by atoms with Crippen LogP contribution in [-0.2, 0) is 10.0 Å². The van der Waals surface area contributed by atoms with E-state index in [-0.39, 0.29) is 9.99 Å². The van der Waals surface area contributed by atoms with E-state index in [0.29, 0.717) is 3.57 Å². The molecule has 1 rings (SSSR count). The summed E-state index contributed by atoms with van der Waals surface area (Å²) in [7, 11) is -4.45. The van der Waals surface area contributed by atoms with E-state index in [1.54, 1.807) is 28.7 Å². The lowest BCUT2D eigenvalue weighted by Crippen LogP contribution is -2.38. The SMILES string of the molecule is CN(c1ccccc1I)S(=O)(=O)C(F)(F)F. The normalized spacial score (nSPS) is 12.6. The molecule has 0 unspecified atom stereocenters. The summed E-state index contributed by atoms with van der Waals surface area (Å²) in [4.78, 5) is 0. The number of alkyl halides is 3. The molecule has 1 aromatic rings. The van der Waals surface area contributed by atoms with Crippen LogP contribution in [0.3, 0.4) is 0 Å². The van der Waals surface area contributed by atoms with Crippen LogP contribution >= 0.6 is 22.6 Å². The van der Waals surface area contributed by atoms with Crippen molar-refractivity contribution < 1.29 is 21.6 Å². The van der Waals surface area contributed by atoms with Crippen molar-refractivity contribution in [2.75, 3.05) is 11.4 Å². The Morgan fingerprint density at radius 1 is 1.25 bits per heavy atom. The fraction of sp³-hybridized carbons (Fsp3) is 0.250. The molecular formula is C8H7F3INO2S. The van der Waals surface area contributed by atoms with Crippen molar-refractivity contribution in [2.24, 2.45) is 0 Å². The van der Waals surface area contributed by atoms with Gasteiger partial charge in [-0.3, -0.25) is 4.31 Å². The van der Waals surface area contributed by atoms with Gasteiger partial charge >= 0.3 is 15.5 Å². The van der Waals surface area contributed by atoms with E-state index in [1.807, 2.05) is 0 Å². The molecule has 0 radical (unpaired) electrons. The maximum Gasteiger partial charge on any atom is 0.516 e. The molecule has 0 fully saturated rings. The van der Waals surface area contributed by atoms with Gasteiger partial charge in [-0.15, -0.1) is 0 Å². The Morgan fingerprint density at radius 3 is 2.19 bits per heavy atom. The minimum Gasteiger partial charge on any atom is -0.265 e. The summed E-state index contributed by atoms with van der Waals surface area (Å²) < 4.78 is 59.7. The number of hydrogen-bond donors (Lipinski definition) is 0. The molecule has 0 bridgehead atoms. The number of rotatable bonds is 2. The summed E-state index contributed by atoms with van der Waals surface area (Å²) in [6.45, 7) is 0. The molecule has 16 heavy (non-hydrogen) atoms. The van der Waals surface area contributed by atoms with Gasteiger partial charge in [-0.05, 0) is 34.7 Å². The molecule has 0 aromatic heterocycles. The molecule has 0 saturated carbocycles. The third-order valence-corrected chi connectivity index (χ3v) is 4.26. The highest BCUT2D eigenvalue weighted by molar-refractivity contribution is 14.1. The molecule has 0 aliphatic rings. The second-order valence-corrected chi connectivity index (χ2v) is 5.99. The van der Waals surface area contributed by atoms with Crippen LogP contribution in [0, 0.1) is 3.57 Å². The number of halogens is 4. The monoisotopic (exact) mass is 365 g/mol. The second-order valence-electron chi connectivity index (χ2n) is 2.87. The van der Waals surface area contributed by atoms with Crippen molar-refractivity contribution in [3.63, 3.8) is 0 Å². The Balaban J connectivity index is 3.24. The largest absolute Gasteiger partial charge is 0.516 e. The van der Waals surface area contributed by atoms with Crippen LogP contribution in [0.2, 0.25) is 0 Å². The van der Waals surface area contributed by atoms with E-state index >= 15 is 0 Å². The first-order valence-electron chi connectivity index (χ1n) is 3.97. The first-order chi connectivity index (χ1) is 7.18. The molecule has 0 heterocycles. The Labute approximate surface area is 104 Å². The highest BCUT2D eigenvalue weighted by Crippen LogP contribution is 2.31. The first-order valence-corrected chi connectivity index (χ1v) is 6.49. The zero-order valence-electron chi connectivity index (χ0n) is 7.99. The lowest BCUT2D eigenvalue weighted by atomic mass is 10.3. The van der Waals surface area contributed by atoms with Crippen molar-refractivity contribution in [1.82, 2.24) is 0 Å². The summed E-state index contributed by atoms with van der Waals surface area (Å²) in [6, 6.07) is 5.92. The molecular weight excluding hydrogens is 358 g/mol. The van der Waals surface area contributed by atoms with Gasteiger partial charge in [0.1, 0.15) is 0 Å². The van der Waals surface area contributed by atoms with Gasteiger partial charge in [0.15, 0.2) is 0 Å². The summed E-state index contributed by atoms with van der Waals surface area (Å²) in [5, 5.41) is 0. The predicted molar refractivity (Wildman–Crippen MR) is 62.5 cm³/mol. The second kappa shape index (κ2) is 4.40. The average Bonchev–Trinajstić information content (AvgIpc) is 2.15. The van der Waals surface area contributed by atoms with Crippen molar-refractivity contribution >= 4 is 38.3 Å². The van der Waals surface area contributed by atoms with Gasteiger partial charge in [-0.1, -0.05) is 12.1 Å². The zero-order chi connectivity index (χ0) is 12.6. The molecule has 0 atom stereocenters. The van der Waals surface area contributed by atoms with Crippen molar-refractivity contribution in [1.29, 1.82) is 0 Å². The Hall–Kier alpha value is -0.510. The molecule has 0 aliphatic carbocycles. The standard InChI is InChI=1S/C8H7F3INO2S/c1-13(16(14,15)8(9,10)11)7-5-3-2-4-6(7)12/h2-5H,1H3. The van der Waals surface area contributed by atoms with Gasteiger partial charge in [0, 0.05) is 10.6 Å². The predicted octanol–water partition coefficient (Wildman–Crippen LogP) is 2.58. The van der Waals surface area contributed by atoms with Crippen LogP contribution in [0.1, 0.15) is 0 Å². The van der Waals surface area contributed by atoms with Crippen LogP contribution in [0.25, 0.3) is 0 Å².